The van der Waals surface area contributed by atoms with Crippen LogP contribution in [-0.2, 0) is 20.7 Å². The lowest BCUT2D eigenvalue weighted by atomic mass is 9.90. The van der Waals surface area contributed by atoms with Gasteiger partial charge in [0.15, 0.2) is 0 Å². The number of amides is 2. The van der Waals surface area contributed by atoms with Crippen LogP contribution in [0.15, 0.2) is 48.5 Å². The quantitative estimate of drug-likeness (QED) is 0.649. The van der Waals surface area contributed by atoms with Crippen LogP contribution in [0.5, 0.6) is 0 Å². The normalized spacial score (nSPS) is 16.1. The highest BCUT2D eigenvalue weighted by Crippen LogP contribution is 2.22. The SMILES string of the molecule is CC(NC(=O)C1(N)CCOCC1)c1cccc(NC(=O)Cc2ccccc2F)c1.Cl. The minimum atomic E-state index is -0.919. The molecule has 1 aliphatic rings. The number of halogens is 2. The zero-order chi connectivity index (χ0) is 20.9. The van der Waals surface area contributed by atoms with E-state index in [4.69, 9.17) is 10.5 Å². The Kier molecular flexibility index (Phi) is 8.34. The summed E-state index contributed by atoms with van der Waals surface area (Å²) in [5, 5.41) is 5.73. The van der Waals surface area contributed by atoms with Gasteiger partial charge in [-0.2, -0.15) is 0 Å². The summed E-state index contributed by atoms with van der Waals surface area (Å²) in [6.45, 7) is 2.81. The molecule has 162 valence electrons. The van der Waals surface area contributed by atoms with Crippen LogP contribution in [0.4, 0.5) is 10.1 Å². The van der Waals surface area contributed by atoms with Gasteiger partial charge < -0.3 is 21.1 Å². The Bertz CT molecular complexity index is 887. The third-order valence-corrected chi connectivity index (χ3v) is 5.16. The number of carbonyl (C=O) groups excluding carboxylic acids is 2. The largest absolute Gasteiger partial charge is 0.381 e. The fraction of sp³-hybridized carbons (Fsp3) is 0.364. The maximum absolute atomic E-state index is 13.7. The van der Waals surface area contributed by atoms with E-state index >= 15 is 0 Å². The molecule has 1 saturated heterocycles. The predicted octanol–water partition coefficient (Wildman–Crippen LogP) is 3.11. The maximum atomic E-state index is 13.7. The summed E-state index contributed by atoms with van der Waals surface area (Å²) in [5.41, 5.74) is 7.06. The molecule has 0 aromatic heterocycles. The van der Waals surface area contributed by atoms with Crippen molar-refractivity contribution < 1.29 is 18.7 Å². The van der Waals surface area contributed by atoms with Crippen LogP contribution in [0.25, 0.3) is 0 Å². The molecule has 0 aliphatic carbocycles. The van der Waals surface area contributed by atoms with Crippen LogP contribution >= 0.6 is 12.4 Å². The Morgan fingerprint density at radius 1 is 1.17 bits per heavy atom. The summed E-state index contributed by atoms with van der Waals surface area (Å²) in [7, 11) is 0. The zero-order valence-electron chi connectivity index (χ0n) is 16.8. The number of anilines is 1. The molecule has 2 amide bonds. The monoisotopic (exact) mass is 435 g/mol. The molecule has 1 fully saturated rings. The summed E-state index contributed by atoms with van der Waals surface area (Å²) < 4.78 is 19.0. The first-order valence-electron chi connectivity index (χ1n) is 9.68. The fourth-order valence-electron chi connectivity index (χ4n) is 3.29. The predicted molar refractivity (Wildman–Crippen MR) is 116 cm³/mol. The van der Waals surface area contributed by atoms with Gasteiger partial charge in [-0.3, -0.25) is 9.59 Å². The summed E-state index contributed by atoms with van der Waals surface area (Å²) in [4.78, 5) is 24.9. The molecule has 30 heavy (non-hydrogen) atoms. The van der Waals surface area contributed by atoms with E-state index in [1.165, 1.54) is 6.07 Å². The Balaban J connectivity index is 0.00000320. The van der Waals surface area contributed by atoms with Crippen molar-refractivity contribution >= 4 is 29.9 Å². The van der Waals surface area contributed by atoms with Gasteiger partial charge in [-0.05, 0) is 49.1 Å². The molecule has 2 aromatic carbocycles. The fourth-order valence-corrected chi connectivity index (χ4v) is 3.29. The average molecular weight is 436 g/mol. The van der Waals surface area contributed by atoms with E-state index in [-0.39, 0.29) is 36.7 Å². The maximum Gasteiger partial charge on any atom is 0.240 e. The first-order chi connectivity index (χ1) is 13.9. The molecule has 4 N–H and O–H groups in total. The number of rotatable bonds is 6. The van der Waals surface area contributed by atoms with Crippen molar-refractivity contribution in [1.29, 1.82) is 0 Å². The van der Waals surface area contributed by atoms with Gasteiger partial charge in [0.1, 0.15) is 5.82 Å². The molecule has 0 saturated carbocycles. The van der Waals surface area contributed by atoms with E-state index in [0.29, 0.717) is 37.3 Å². The molecule has 1 heterocycles. The smallest absolute Gasteiger partial charge is 0.240 e. The van der Waals surface area contributed by atoms with Gasteiger partial charge in [0.2, 0.25) is 11.8 Å². The van der Waals surface area contributed by atoms with Crippen molar-refractivity contribution in [2.45, 2.75) is 37.8 Å². The third kappa shape index (κ3) is 6.01. The highest BCUT2D eigenvalue weighted by atomic mass is 35.5. The third-order valence-electron chi connectivity index (χ3n) is 5.16. The summed E-state index contributed by atoms with van der Waals surface area (Å²) >= 11 is 0. The number of nitrogens with one attached hydrogen (secondary N) is 2. The van der Waals surface area contributed by atoms with Gasteiger partial charge >= 0.3 is 0 Å². The summed E-state index contributed by atoms with van der Waals surface area (Å²) in [6.07, 6.45) is 0.913. The van der Waals surface area contributed by atoms with Crippen LogP contribution < -0.4 is 16.4 Å². The Labute approximate surface area is 181 Å². The van der Waals surface area contributed by atoms with Gasteiger partial charge in [-0.15, -0.1) is 12.4 Å². The summed E-state index contributed by atoms with van der Waals surface area (Å²) in [6, 6.07) is 13.1. The van der Waals surface area contributed by atoms with Crippen molar-refractivity contribution in [1.82, 2.24) is 5.32 Å². The molecule has 2 aromatic rings. The highest BCUT2D eigenvalue weighted by Gasteiger charge is 2.36. The minimum absolute atomic E-state index is 0. The number of benzene rings is 2. The van der Waals surface area contributed by atoms with Crippen molar-refractivity contribution in [2.75, 3.05) is 18.5 Å². The number of carbonyl (C=O) groups is 2. The highest BCUT2D eigenvalue weighted by molar-refractivity contribution is 5.92. The van der Waals surface area contributed by atoms with Crippen LogP contribution in [0.2, 0.25) is 0 Å². The topological polar surface area (TPSA) is 93.5 Å². The zero-order valence-corrected chi connectivity index (χ0v) is 17.6. The van der Waals surface area contributed by atoms with Crippen LogP contribution in [0.3, 0.4) is 0 Å². The average Bonchev–Trinajstić information content (AvgIpc) is 2.70. The van der Waals surface area contributed by atoms with Crippen LogP contribution in [-0.4, -0.2) is 30.6 Å². The number of hydrogen-bond donors (Lipinski definition) is 3. The number of ether oxygens (including phenoxy) is 1. The lowest BCUT2D eigenvalue weighted by Crippen LogP contribution is -2.57. The van der Waals surface area contributed by atoms with Crippen molar-refractivity contribution in [2.24, 2.45) is 5.73 Å². The van der Waals surface area contributed by atoms with Gasteiger partial charge in [0.25, 0.3) is 0 Å². The second kappa shape index (κ2) is 10.5. The van der Waals surface area contributed by atoms with E-state index < -0.39 is 11.4 Å². The van der Waals surface area contributed by atoms with Crippen molar-refractivity contribution in [3.8, 4) is 0 Å². The first-order valence-corrected chi connectivity index (χ1v) is 9.68. The molecule has 1 aliphatic heterocycles. The van der Waals surface area contributed by atoms with E-state index in [1.807, 2.05) is 13.0 Å². The molecule has 3 rings (SSSR count). The van der Waals surface area contributed by atoms with Gasteiger partial charge in [0, 0.05) is 18.9 Å². The number of nitrogens with two attached hydrogens (primary N) is 1. The second-order valence-electron chi connectivity index (χ2n) is 7.41. The van der Waals surface area contributed by atoms with E-state index in [0.717, 1.165) is 5.56 Å². The Hall–Kier alpha value is -2.48. The number of hydrogen-bond acceptors (Lipinski definition) is 4. The molecule has 1 atom stereocenters. The van der Waals surface area contributed by atoms with E-state index in [2.05, 4.69) is 10.6 Å². The Morgan fingerprint density at radius 2 is 1.87 bits per heavy atom. The molecule has 6 nitrogen and oxygen atoms in total. The lowest BCUT2D eigenvalue weighted by Gasteiger charge is -2.33. The van der Waals surface area contributed by atoms with Crippen LogP contribution in [0, 0.1) is 5.82 Å². The molecular formula is C22H27ClFN3O3. The minimum Gasteiger partial charge on any atom is -0.381 e. The molecule has 0 radical (unpaired) electrons. The van der Waals surface area contributed by atoms with Gasteiger partial charge in [0.05, 0.1) is 18.0 Å². The van der Waals surface area contributed by atoms with Crippen LogP contribution in [0.1, 0.15) is 36.9 Å². The first kappa shape index (κ1) is 23.8. The molecule has 8 heteroatoms. The summed E-state index contributed by atoms with van der Waals surface area (Å²) in [5.74, 6) is -0.925. The van der Waals surface area contributed by atoms with E-state index in [9.17, 15) is 14.0 Å². The molecule has 1 unspecified atom stereocenters. The van der Waals surface area contributed by atoms with Crippen molar-refractivity contribution in [3.63, 3.8) is 0 Å². The molecule has 0 bridgehead atoms. The second-order valence-corrected chi connectivity index (χ2v) is 7.41. The van der Waals surface area contributed by atoms with Gasteiger partial charge in [-0.1, -0.05) is 30.3 Å². The Morgan fingerprint density at radius 3 is 2.57 bits per heavy atom. The molecular weight excluding hydrogens is 409 g/mol. The standard InChI is InChI=1S/C22H26FN3O3.ClH/c1-15(25-21(28)22(24)9-11-29-12-10-22)16-6-4-7-18(13-16)26-20(27)14-17-5-2-3-8-19(17)23;/h2-8,13,15H,9-12,14,24H2,1H3,(H,25,28)(H,26,27);1H. The van der Waals surface area contributed by atoms with E-state index in [1.54, 1.807) is 36.4 Å². The molecule has 0 spiro atoms. The van der Waals surface area contributed by atoms with Crippen molar-refractivity contribution in [3.05, 3.63) is 65.5 Å². The van der Waals surface area contributed by atoms with Gasteiger partial charge in [-0.25, -0.2) is 4.39 Å². The lowest BCUT2D eigenvalue weighted by molar-refractivity contribution is -0.130.